The standard InChI is InChI=1S/C21H34N4O2/c1-14-7-6-8-25(12-14)13-18(5)23-21(27)22-11-19(26)24-20-16(3)9-15(2)10-17(20)4/h9-10,14,18H,6-8,11-13H2,1-5H3,(H,24,26)(H2,22,23,27). The summed E-state index contributed by atoms with van der Waals surface area (Å²) in [4.78, 5) is 26.7. The highest BCUT2D eigenvalue weighted by Crippen LogP contribution is 2.21. The molecule has 0 radical (unpaired) electrons. The average molecular weight is 375 g/mol. The second kappa shape index (κ2) is 9.74. The molecule has 3 N–H and O–H groups in total. The van der Waals surface area contributed by atoms with E-state index in [0.717, 1.165) is 47.9 Å². The van der Waals surface area contributed by atoms with Crippen molar-refractivity contribution >= 4 is 17.6 Å². The summed E-state index contributed by atoms with van der Waals surface area (Å²) in [6.45, 7) is 13.2. The molecule has 1 aromatic rings. The van der Waals surface area contributed by atoms with Crippen molar-refractivity contribution in [3.8, 4) is 0 Å². The van der Waals surface area contributed by atoms with E-state index < -0.39 is 0 Å². The van der Waals surface area contributed by atoms with Gasteiger partial charge in [-0.1, -0.05) is 24.6 Å². The molecular weight excluding hydrogens is 340 g/mol. The first-order chi connectivity index (χ1) is 12.7. The van der Waals surface area contributed by atoms with Crippen molar-refractivity contribution in [3.63, 3.8) is 0 Å². The molecule has 1 heterocycles. The van der Waals surface area contributed by atoms with E-state index in [4.69, 9.17) is 0 Å². The molecule has 0 saturated carbocycles. The first-order valence-corrected chi connectivity index (χ1v) is 9.89. The van der Waals surface area contributed by atoms with Gasteiger partial charge in [-0.15, -0.1) is 0 Å². The number of rotatable bonds is 6. The SMILES string of the molecule is Cc1cc(C)c(NC(=O)CNC(=O)NC(C)CN2CCCC(C)C2)c(C)c1. The second-order valence-corrected chi connectivity index (χ2v) is 8.06. The van der Waals surface area contributed by atoms with Crippen LogP contribution >= 0.6 is 0 Å². The maximum atomic E-state index is 12.2. The Morgan fingerprint density at radius 3 is 2.52 bits per heavy atom. The fourth-order valence-electron chi connectivity index (χ4n) is 3.88. The van der Waals surface area contributed by atoms with E-state index in [1.54, 1.807) is 0 Å². The molecule has 150 valence electrons. The van der Waals surface area contributed by atoms with Crippen molar-refractivity contribution in [3.05, 3.63) is 28.8 Å². The van der Waals surface area contributed by atoms with Crippen LogP contribution in [0.2, 0.25) is 0 Å². The molecule has 1 aromatic carbocycles. The summed E-state index contributed by atoms with van der Waals surface area (Å²) in [5, 5.41) is 8.46. The van der Waals surface area contributed by atoms with Gasteiger partial charge in [0.25, 0.3) is 0 Å². The van der Waals surface area contributed by atoms with Crippen LogP contribution in [0.25, 0.3) is 0 Å². The van der Waals surface area contributed by atoms with Crippen LogP contribution in [0.4, 0.5) is 10.5 Å². The Morgan fingerprint density at radius 2 is 1.89 bits per heavy atom. The lowest BCUT2D eigenvalue weighted by molar-refractivity contribution is -0.115. The fourth-order valence-corrected chi connectivity index (χ4v) is 3.88. The lowest BCUT2D eigenvalue weighted by Gasteiger charge is -2.32. The van der Waals surface area contributed by atoms with Crippen molar-refractivity contribution in [1.82, 2.24) is 15.5 Å². The number of carbonyl (C=O) groups excluding carboxylic acids is 2. The second-order valence-electron chi connectivity index (χ2n) is 8.06. The third-order valence-corrected chi connectivity index (χ3v) is 5.00. The maximum absolute atomic E-state index is 12.2. The van der Waals surface area contributed by atoms with Crippen LogP contribution in [0.3, 0.4) is 0 Å². The van der Waals surface area contributed by atoms with E-state index in [1.807, 2.05) is 39.8 Å². The van der Waals surface area contributed by atoms with Crippen molar-refractivity contribution in [1.29, 1.82) is 0 Å². The molecule has 6 nitrogen and oxygen atoms in total. The van der Waals surface area contributed by atoms with Gasteiger partial charge in [0.1, 0.15) is 0 Å². The highest BCUT2D eigenvalue weighted by molar-refractivity contribution is 5.95. The summed E-state index contributed by atoms with van der Waals surface area (Å²) in [6.07, 6.45) is 2.51. The summed E-state index contributed by atoms with van der Waals surface area (Å²) in [5.74, 6) is 0.495. The van der Waals surface area contributed by atoms with Crippen LogP contribution in [0.5, 0.6) is 0 Å². The van der Waals surface area contributed by atoms with Crippen molar-refractivity contribution in [2.24, 2.45) is 5.92 Å². The predicted molar refractivity (Wildman–Crippen MR) is 110 cm³/mol. The Kier molecular flexibility index (Phi) is 7.66. The molecule has 0 aliphatic carbocycles. The molecule has 6 heteroatoms. The summed E-state index contributed by atoms with van der Waals surface area (Å²) >= 11 is 0. The highest BCUT2D eigenvalue weighted by atomic mass is 16.2. The predicted octanol–water partition coefficient (Wildman–Crippen LogP) is 2.97. The molecule has 0 bridgehead atoms. The topological polar surface area (TPSA) is 73.5 Å². The Bertz CT molecular complexity index is 651. The average Bonchev–Trinajstić information content (AvgIpc) is 2.56. The van der Waals surface area contributed by atoms with Crippen LogP contribution in [-0.2, 0) is 4.79 Å². The van der Waals surface area contributed by atoms with E-state index in [2.05, 4.69) is 27.8 Å². The minimum Gasteiger partial charge on any atom is -0.334 e. The van der Waals surface area contributed by atoms with E-state index in [9.17, 15) is 9.59 Å². The molecule has 1 saturated heterocycles. The Hall–Kier alpha value is -2.08. The Balaban J connectivity index is 1.74. The van der Waals surface area contributed by atoms with Crippen LogP contribution in [0, 0.1) is 26.7 Å². The van der Waals surface area contributed by atoms with Crippen molar-refractivity contribution in [2.75, 3.05) is 31.5 Å². The molecule has 2 atom stereocenters. The van der Waals surface area contributed by atoms with E-state index in [-0.39, 0.29) is 24.5 Å². The third-order valence-electron chi connectivity index (χ3n) is 5.00. The summed E-state index contributed by atoms with van der Waals surface area (Å²) in [6, 6.07) is 3.80. The Labute approximate surface area is 163 Å². The number of carbonyl (C=O) groups is 2. The first kappa shape index (κ1) is 21.2. The number of nitrogens with zero attached hydrogens (tertiary/aromatic N) is 1. The zero-order valence-electron chi connectivity index (χ0n) is 17.3. The van der Waals surface area contributed by atoms with Gasteiger partial charge < -0.3 is 20.9 Å². The zero-order valence-corrected chi connectivity index (χ0v) is 17.3. The van der Waals surface area contributed by atoms with Crippen molar-refractivity contribution < 1.29 is 9.59 Å². The smallest absolute Gasteiger partial charge is 0.315 e. The molecule has 1 aliphatic heterocycles. The van der Waals surface area contributed by atoms with Crippen LogP contribution < -0.4 is 16.0 Å². The van der Waals surface area contributed by atoms with Crippen LogP contribution in [-0.4, -0.2) is 49.1 Å². The molecule has 2 rings (SSSR count). The van der Waals surface area contributed by atoms with Gasteiger partial charge in [-0.2, -0.15) is 0 Å². The molecule has 0 spiro atoms. The quantitative estimate of drug-likeness (QED) is 0.717. The van der Waals surface area contributed by atoms with E-state index >= 15 is 0 Å². The molecule has 2 unspecified atom stereocenters. The largest absolute Gasteiger partial charge is 0.334 e. The monoisotopic (exact) mass is 374 g/mol. The number of benzene rings is 1. The molecule has 0 aromatic heterocycles. The summed E-state index contributed by atoms with van der Waals surface area (Å²) < 4.78 is 0. The van der Waals surface area contributed by atoms with Crippen LogP contribution in [0.1, 0.15) is 43.4 Å². The number of hydrogen-bond donors (Lipinski definition) is 3. The summed E-state index contributed by atoms with van der Waals surface area (Å²) in [7, 11) is 0. The van der Waals surface area contributed by atoms with E-state index in [1.165, 1.54) is 12.8 Å². The van der Waals surface area contributed by atoms with Gasteiger partial charge >= 0.3 is 6.03 Å². The maximum Gasteiger partial charge on any atom is 0.315 e. The van der Waals surface area contributed by atoms with Gasteiger partial charge in [-0.25, -0.2) is 4.79 Å². The number of aryl methyl sites for hydroxylation is 3. The molecular formula is C21H34N4O2. The van der Waals surface area contributed by atoms with Gasteiger partial charge in [0.2, 0.25) is 5.91 Å². The minimum atomic E-state index is -0.306. The normalized spacial score (nSPS) is 18.6. The van der Waals surface area contributed by atoms with Gasteiger partial charge in [0, 0.05) is 24.8 Å². The molecule has 3 amide bonds. The lowest BCUT2D eigenvalue weighted by Crippen LogP contribution is -2.49. The number of urea groups is 1. The highest BCUT2D eigenvalue weighted by Gasteiger charge is 2.19. The molecule has 1 aliphatic rings. The lowest BCUT2D eigenvalue weighted by atomic mass is 10.00. The third kappa shape index (κ3) is 6.86. The number of likely N-dealkylation sites (tertiary alicyclic amines) is 1. The van der Waals surface area contributed by atoms with Crippen molar-refractivity contribution in [2.45, 2.75) is 53.5 Å². The van der Waals surface area contributed by atoms with Gasteiger partial charge in [-0.05, 0) is 64.1 Å². The summed E-state index contributed by atoms with van der Waals surface area (Å²) in [5.41, 5.74) is 4.03. The van der Waals surface area contributed by atoms with Gasteiger partial charge in [0.05, 0.1) is 6.54 Å². The number of piperidine rings is 1. The van der Waals surface area contributed by atoms with Gasteiger partial charge in [-0.3, -0.25) is 4.79 Å². The fraction of sp³-hybridized carbons (Fsp3) is 0.619. The Morgan fingerprint density at radius 1 is 1.22 bits per heavy atom. The number of nitrogens with one attached hydrogen (secondary N) is 3. The number of amides is 3. The van der Waals surface area contributed by atoms with Crippen LogP contribution in [0.15, 0.2) is 12.1 Å². The number of anilines is 1. The van der Waals surface area contributed by atoms with E-state index in [0.29, 0.717) is 0 Å². The minimum absolute atomic E-state index is 0.0416. The molecule has 27 heavy (non-hydrogen) atoms. The number of hydrogen-bond acceptors (Lipinski definition) is 3. The zero-order chi connectivity index (χ0) is 20.0. The first-order valence-electron chi connectivity index (χ1n) is 9.89. The van der Waals surface area contributed by atoms with Gasteiger partial charge in [0.15, 0.2) is 0 Å². The molecule has 1 fully saturated rings.